The SMILES string of the molecule is CCc1c(C(O)CN2CCN(c3ccccc3OC)CC2)oc2ccccc12.Cl. The van der Waals surface area contributed by atoms with Crippen molar-refractivity contribution in [3.05, 3.63) is 59.9 Å². The smallest absolute Gasteiger partial charge is 0.142 e. The standard InChI is InChI=1S/C23H28N2O3.ClH/c1-3-17-18-8-4-6-10-21(18)28-23(17)20(26)16-24-12-14-25(15-13-24)19-9-5-7-11-22(19)27-2;/h4-11,20,26H,3,12-16H2,1-2H3;1H. The molecule has 1 saturated heterocycles. The topological polar surface area (TPSA) is 49.1 Å². The fourth-order valence-electron chi connectivity index (χ4n) is 4.14. The van der Waals surface area contributed by atoms with Crippen LogP contribution in [0.3, 0.4) is 0 Å². The molecule has 0 spiro atoms. The van der Waals surface area contributed by atoms with Crippen LogP contribution >= 0.6 is 12.4 Å². The number of halogens is 1. The van der Waals surface area contributed by atoms with Gasteiger partial charge in [-0.3, -0.25) is 4.90 Å². The number of furan rings is 1. The van der Waals surface area contributed by atoms with E-state index in [2.05, 4.69) is 28.9 Å². The molecule has 1 fully saturated rings. The largest absolute Gasteiger partial charge is 0.495 e. The molecule has 1 aliphatic heterocycles. The van der Waals surface area contributed by atoms with Crippen molar-refractivity contribution < 1.29 is 14.3 Å². The van der Waals surface area contributed by atoms with Gasteiger partial charge in [0.1, 0.15) is 23.2 Å². The lowest BCUT2D eigenvalue weighted by atomic mass is 10.1. The van der Waals surface area contributed by atoms with Gasteiger partial charge in [-0.2, -0.15) is 0 Å². The van der Waals surface area contributed by atoms with Gasteiger partial charge in [-0.15, -0.1) is 12.4 Å². The van der Waals surface area contributed by atoms with E-state index < -0.39 is 6.10 Å². The number of rotatable bonds is 6. The van der Waals surface area contributed by atoms with Gasteiger partial charge in [-0.25, -0.2) is 0 Å². The van der Waals surface area contributed by atoms with Crippen LogP contribution in [0.25, 0.3) is 11.0 Å². The van der Waals surface area contributed by atoms with Gasteiger partial charge in [-0.05, 0) is 24.6 Å². The molecule has 3 aromatic rings. The fourth-order valence-corrected chi connectivity index (χ4v) is 4.14. The first-order chi connectivity index (χ1) is 13.7. The van der Waals surface area contributed by atoms with Crippen molar-refractivity contribution in [3.8, 4) is 5.75 Å². The molecule has 29 heavy (non-hydrogen) atoms. The van der Waals surface area contributed by atoms with Crippen LogP contribution < -0.4 is 9.64 Å². The van der Waals surface area contributed by atoms with Crippen molar-refractivity contribution in [3.63, 3.8) is 0 Å². The number of benzene rings is 2. The summed E-state index contributed by atoms with van der Waals surface area (Å²) < 4.78 is 11.5. The van der Waals surface area contributed by atoms with E-state index >= 15 is 0 Å². The second-order valence-corrected chi connectivity index (χ2v) is 7.27. The molecule has 1 aromatic heterocycles. The van der Waals surface area contributed by atoms with E-state index in [0.29, 0.717) is 6.54 Å². The second kappa shape index (κ2) is 9.53. The average Bonchev–Trinajstić information content (AvgIpc) is 3.13. The molecule has 1 aliphatic rings. The Bertz CT molecular complexity index is 935. The van der Waals surface area contributed by atoms with Gasteiger partial charge in [0.15, 0.2) is 0 Å². The van der Waals surface area contributed by atoms with Crippen LogP contribution in [0.2, 0.25) is 0 Å². The minimum Gasteiger partial charge on any atom is -0.495 e. The number of aliphatic hydroxyl groups excluding tert-OH is 1. The Labute approximate surface area is 178 Å². The highest BCUT2D eigenvalue weighted by Crippen LogP contribution is 2.32. The number of ether oxygens (including phenoxy) is 1. The van der Waals surface area contributed by atoms with E-state index in [0.717, 1.165) is 66.3 Å². The molecule has 2 aromatic carbocycles. The van der Waals surface area contributed by atoms with E-state index in [1.807, 2.05) is 36.4 Å². The van der Waals surface area contributed by atoms with Crippen molar-refractivity contribution in [2.75, 3.05) is 44.7 Å². The van der Waals surface area contributed by atoms with E-state index in [1.54, 1.807) is 7.11 Å². The summed E-state index contributed by atoms with van der Waals surface area (Å²) in [6.45, 7) is 6.32. The molecular formula is C23H29ClN2O3. The number of β-amino-alcohol motifs (C(OH)–C–C–N with tert-alkyl or cyclic N) is 1. The molecule has 156 valence electrons. The van der Waals surface area contributed by atoms with Gasteiger partial charge < -0.3 is 19.2 Å². The van der Waals surface area contributed by atoms with Crippen LogP contribution in [-0.4, -0.2) is 49.8 Å². The minimum absolute atomic E-state index is 0. The first kappa shape index (κ1) is 21.5. The maximum absolute atomic E-state index is 10.9. The number of nitrogens with zero attached hydrogens (tertiary/aromatic N) is 2. The maximum atomic E-state index is 10.9. The summed E-state index contributed by atoms with van der Waals surface area (Å²) in [6.07, 6.45) is 0.241. The van der Waals surface area contributed by atoms with Gasteiger partial charge in [0.05, 0.1) is 12.8 Å². The Morgan fingerprint density at radius 3 is 2.45 bits per heavy atom. The quantitative estimate of drug-likeness (QED) is 0.649. The predicted molar refractivity (Wildman–Crippen MR) is 119 cm³/mol. The molecule has 0 radical (unpaired) electrons. The highest BCUT2D eigenvalue weighted by molar-refractivity contribution is 5.85. The zero-order valence-electron chi connectivity index (χ0n) is 17.0. The van der Waals surface area contributed by atoms with Gasteiger partial charge in [-0.1, -0.05) is 37.3 Å². The van der Waals surface area contributed by atoms with Crippen molar-refractivity contribution in [1.29, 1.82) is 0 Å². The number of hydrogen-bond acceptors (Lipinski definition) is 5. The van der Waals surface area contributed by atoms with Gasteiger partial charge in [0, 0.05) is 43.7 Å². The molecular weight excluding hydrogens is 388 g/mol. The third-order valence-electron chi connectivity index (χ3n) is 5.62. The monoisotopic (exact) mass is 416 g/mol. The van der Waals surface area contributed by atoms with Crippen molar-refractivity contribution in [2.24, 2.45) is 0 Å². The molecule has 5 nitrogen and oxygen atoms in total. The summed E-state index contributed by atoms with van der Waals surface area (Å²) in [4.78, 5) is 4.66. The molecule has 6 heteroatoms. The lowest BCUT2D eigenvalue weighted by molar-refractivity contribution is 0.0921. The summed E-state index contributed by atoms with van der Waals surface area (Å²) in [5.41, 5.74) is 3.11. The molecule has 1 N–H and O–H groups in total. The molecule has 0 saturated carbocycles. The summed E-state index contributed by atoms with van der Waals surface area (Å²) in [5, 5.41) is 12.0. The van der Waals surface area contributed by atoms with Crippen molar-refractivity contribution >= 4 is 29.1 Å². The third-order valence-corrected chi connectivity index (χ3v) is 5.62. The highest BCUT2D eigenvalue weighted by atomic mass is 35.5. The predicted octanol–water partition coefficient (Wildman–Crippen LogP) is 4.28. The van der Waals surface area contributed by atoms with Crippen LogP contribution in [0.15, 0.2) is 52.9 Å². The van der Waals surface area contributed by atoms with Crippen molar-refractivity contribution in [2.45, 2.75) is 19.4 Å². The first-order valence-corrected chi connectivity index (χ1v) is 10.00. The number of para-hydroxylation sites is 3. The number of methoxy groups -OCH3 is 1. The van der Waals surface area contributed by atoms with Gasteiger partial charge in [0.25, 0.3) is 0 Å². The number of anilines is 1. The Morgan fingerprint density at radius 2 is 1.72 bits per heavy atom. The first-order valence-electron chi connectivity index (χ1n) is 10.00. The van der Waals surface area contributed by atoms with Gasteiger partial charge >= 0.3 is 0 Å². The highest BCUT2D eigenvalue weighted by Gasteiger charge is 2.25. The molecule has 1 unspecified atom stereocenters. The Kier molecular flexibility index (Phi) is 7.06. The Morgan fingerprint density at radius 1 is 1.03 bits per heavy atom. The normalized spacial score (nSPS) is 15.9. The lowest BCUT2D eigenvalue weighted by Crippen LogP contribution is -2.47. The summed E-state index contributed by atoms with van der Waals surface area (Å²) in [5.74, 6) is 1.63. The zero-order valence-corrected chi connectivity index (χ0v) is 17.8. The van der Waals surface area contributed by atoms with Crippen molar-refractivity contribution in [1.82, 2.24) is 4.90 Å². The zero-order chi connectivity index (χ0) is 19.5. The Balaban J connectivity index is 0.00000240. The van der Waals surface area contributed by atoms with E-state index in [-0.39, 0.29) is 12.4 Å². The van der Waals surface area contributed by atoms with E-state index in [9.17, 15) is 5.11 Å². The van der Waals surface area contributed by atoms with Crippen LogP contribution in [-0.2, 0) is 6.42 Å². The molecule has 4 rings (SSSR count). The number of fused-ring (bicyclic) bond motifs is 1. The van der Waals surface area contributed by atoms with E-state index in [4.69, 9.17) is 9.15 Å². The molecule has 0 bridgehead atoms. The van der Waals surface area contributed by atoms with E-state index in [1.165, 1.54) is 0 Å². The van der Waals surface area contributed by atoms with Crippen LogP contribution in [0.5, 0.6) is 5.75 Å². The summed E-state index contributed by atoms with van der Waals surface area (Å²) >= 11 is 0. The van der Waals surface area contributed by atoms with Crippen LogP contribution in [0, 0.1) is 0 Å². The molecule has 1 atom stereocenters. The maximum Gasteiger partial charge on any atom is 0.142 e. The lowest BCUT2D eigenvalue weighted by Gasteiger charge is -2.37. The van der Waals surface area contributed by atoms with Gasteiger partial charge in [0.2, 0.25) is 0 Å². The number of piperazine rings is 1. The number of aliphatic hydroxyl groups is 1. The minimum atomic E-state index is -0.611. The summed E-state index contributed by atoms with van der Waals surface area (Å²) in [6, 6.07) is 16.2. The number of hydrogen-bond donors (Lipinski definition) is 1. The molecule has 2 heterocycles. The summed E-state index contributed by atoms with van der Waals surface area (Å²) in [7, 11) is 1.71. The fraction of sp³-hybridized carbons (Fsp3) is 0.391. The number of aryl methyl sites for hydroxylation is 1. The average molecular weight is 417 g/mol. The molecule has 0 amide bonds. The third kappa shape index (κ3) is 4.37. The van der Waals surface area contributed by atoms with Crippen LogP contribution in [0.1, 0.15) is 24.4 Å². The van der Waals surface area contributed by atoms with Crippen LogP contribution in [0.4, 0.5) is 5.69 Å². The molecule has 0 aliphatic carbocycles. The Hall–Kier alpha value is -2.21. The second-order valence-electron chi connectivity index (χ2n) is 7.27.